The summed E-state index contributed by atoms with van der Waals surface area (Å²) in [5, 5.41) is 3.39. The molecule has 1 heterocycles. The van der Waals surface area contributed by atoms with Crippen LogP contribution in [0, 0.1) is 12.7 Å². The second-order valence-electron chi connectivity index (χ2n) is 5.21. The second-order valence-corrected chi connectivity index (χ2v) is 5.21. The molecule has 2 rings (SSSR count). The molecule has 18 heavy (non-hydrogen) atoms. The lowest BCUT2D eigenvalue weighted by atomic mass is 10.1. The number of rotatable bonds is 5. The predicted octanol–water partition coefficient (Wildman–Crippen LogP) is 2.71. The maximum absolute atomic E-state index is 13.8. The average Bonchev–Trinajstić information content (AvgIpc) is 2.87. The van der Waals surface area contributed by atoms with E-state index in [1.54, 1.807) is 6.07 Å². The average molecular weight is 250 g/mol. The van der Waals surface area contributed by atoms with E-state index in [0.717, 1.165) is 43.7 Å². The zero-order valence-electron chi connectivity index (χ0n) is 11.4. The highest BCUT2D eigenvalue weighted by Crippen LogP contribution is 2.17. The molecule has 0 bridgehead atoms. The summed E-state index contributed by atoms with van der Waals surface area (Å²) in [6.07, 6.45) is 2.29. The molecule has 1 saturated heterocycles. The van der Waals surface area contributed by atoms with Gasteiger partial charge < -0.3 is 5.32 Å². The normalized spacial score (nSPS) is 19.7. The summed E-state index contributed by atoms with van der Waals surface area (Å²) in [6.45, 7) is 8.09. The van der Waals surface area contributed by atoms with Gasteiger partial charge in [0.2, 0.25) is 0 Å². The van der Waals surface area contributed by atoms with Crippen LogP contribution in [0.5, 0.6) is 0 Å². The Morgan fingerprint density at radius 1 is 1.44 bits per heavy atom. The number of benzene rings is 1. The summed E-state index contributed by atoms with van der Waals surface area (Å²) in [5.74, 6) is -0.0762. The van der Waals surface area contributed by atoms with Crippen molar-refractivity contribution in [3.8, 4) is 0 Å². The molecule has 1 aliphatic rings. The van der Waals surface area contributed by atoms with Gasteiger partial charge >= 0.3 is 0 Å². The fourth-order valence-corrected chi connectivity index (χ4v) is 2.67. The van der Waals surface area contributed by atoms with Crippen molar-refractivity contribution in [3.63, 3.8) is 0 Å². The maximum Gasteiger partial charge on any atom is 0.127 e. The van der Waals surface area contributed by atoms with E-state index in [2.05, 4.69) is 17.1 Å². The van der Waals surface area contributed by atoms with Crippen molar-refractivity contribution >= 4 is 0 Å². The van der Waals surface area contributed by atoms with E-state index in [1.807, 2.05) is 19.1 Å². The fraction of sp³-hybridized carbons (Fsp3) is 0.600. The Balaban J connectivity index is 2.09. The summed E-state index contributed by atoms with van der Waals surface area (Å²) in [4.78, 5) is 2.41. The Hall–Kier alpha value is -0.930. The zero-order chi connectivity index (χ0) is 13.0. The quantitative estimate of drug-likeness (QED) is 0.864. The summed E-state index contributed by atoms with van der Waals surface area (Å²) in [5.41, 5.74) is 1.96. The highest BCUT2D eigenvalue weighted by atomic mass is 19.1. The van der Waals surface area contributed by atoms with E-state index in [0.29, 0.717) is 6.04 Å². The number of hydrogen-bond acceptors (Lipinski definition) is 2. The van der Waals surface area contributed by atoms with Gasteiger partial charge in [0.1, 0.15) is 5.82 Å². The van der Waals surface area contributed by atoms with Crippen molar-refractivity contribution in [2.24, 2.45) is 0 Å². The van der Waals surface area contributed by atoms with Crippen LogP contribution in [0.2, 0.25) is 0 Å². The largest absolute Gasteiger partial charge is 0.315 e. The number of nitrogens with zero attached hydrogens (tertiary/aromatic N) is 1. The highest BCUT2D eigenvalue weighted by Gasteiger charge is 2.22. The fourth-order valence-electron chi connectivity index (χ4n) is 2.67. The van der Waals surface area contributed by atoms with E-state index in [4.69, 9.17) is 0 Å². The lowest BCUT2D eigenvalue weighted by molar-refractivity contribution is 0.197. The van der Waals surface area contributed by atoms with Crippen molar-refractivity contribution in [1.82, 2.24) is 10.2 Å². The minimum Gasteiger partial charge on any atom is -0.315 e. The van der Waals surface area contributed by atoms with Crippen LogP contribution in [0.15, 0.2) is 18.2 Å². The van der Waals surface area contributed by atoms with Crippen LogP contribution in [-0.4, -0.2) is 30.6 Å². The van der Waals surface area contributed by atoms with Gasteiger partial charge in [0.15, 0.2) is 0 Å². The van der Waals surface area contributed by atoms with Crippen LogP contribution >= 0.6 is 0 Å². The minimum atomic E-state index is -0.0762. The van der Waals surface area contributed by atoms with E-state index in [-0.39, 0.29) is 5.82 Å². The standard InChI is InChI=1S/C15H23FN2/c1-3-8-18(14-6-7-17-10-14)11-13-9-12(2)4-5-15(13)16/h4-5,9,14,17H,3,6-8,10-11H2,1-2H3. The van der Waals surface area contributed by atoms with Gasteiger partial charge in [-0.3, -0.25) is 4.90 Å². The summed E-state index contributed by atoms with van der Waals surface area (Å²) in [7, 11) is 0. The molecule has 0 radical (unpaired) electrons. The Labute approximate surface area is 109 Å². The third kappa shape index (κ3) is 3.30. The molecule has 100 valence electrons. The molecule has 1 fully saturated rings. The number of aryl methyl sites for hydroxylation is 1. The van der Waals surface area contributed by atoms with Gasteiger partial charge in [-0.05, 0) is 38.9 Å². The van der Waals surface area contributed by atoms with E-state index in [9.17, 15) is 4.39 Å². The van der Waals surface area contributed by atoms with Gasteiger partial charge in [0.25, 0.3) is 0 Å². The Morgan fingerprint density at radius 3 is 2.94 bits per heavy atom. The lowest BCUT2D eigenvalue weighted by Crippen LogP contribution is -2.37. The van der Waals surface area contributed by atoms with E-state index in [1.165, 1.54) is 6.42 Å². The molecule has 0 aliphatic carbocycles. The van der Waals surface area contributed by atoms with Crippen LogP contribution in [0.1, 0.15) is 30.9 Å². The third-order valence-corrected chi connectivity index (χ3v) is 3.64. The summed E-state index contributed by atoms with van der Waals surface area (Å²) < 4.78 is 13.8. The molecule has 0 aromatic heterocycles. The number of halogens is 1. The molecule has 0 spiro atoms. The van der Waals surface area contributed by atoms with E-state index < -0.39 is 0 Å². The zero-order valence-corrected chi connectivity index (χ0v) is 11.4. The summed E-state index contributed by atoms with van der Waals surface area (Å²) in [6, 6.07) is 5.95. The SMILES string of the molecule is CCCN(Cc1cc(C)ccc1F)C1CCNC1. The molecule has 1 aliphatic heterocycles. The molecule has 3 heteroatoms. The maximum atomic E-state index is 13.8. The highest BCUT2D eigenvalue weighted by molar-refractivity contribution is 5.24. The van der Waals surface area contributed by atoms with Crippen LogP contribution in [0.3, 0.4) is 0 Å². The molecule has 1 aromatic rings. The first kappa shape index (κ1) is 13.5. The first-order valence-corrected chi connectivity index (χ1v) is 6.90. The topological polar surface area (TPSA) is 15.3 Å². The molecule has 1 N–H and O–H groups in total. The molecular weight excluding hydrogens is 227 g/mol. The first-order valence-electron chi connectivity index (χ1n) is 6.90. The predicted molar refractivity (Wildman–Crippen MR) is 73.1 cm³/mol. The first-order chi connectivity index (χ1) is 8.70. The second kappa shape index (κ2) is 6.30. The Kier molecular flexibility index (Phi) is 4.72. The van der Waals surface area contributed by atoms with Gasteiger partial charge in [-0.2, -0.15) is 0 Å². The molecule has 1 atom stereocenters. The van der Waals surface area contributed by atoms with Crippen molar-refractivity contribution < 1.29 is 4.39 Å². The van der Waals surface area contributed by atoms with Gasteiger partial charge in [-0.15, -0.1) is 0 Å². The molecule has 1 unspecified atom stereocenters. The van der Waals surface area contributed by atoms with Crippen LogP contribution in [-0.2, 0) is 6.54 Å². The number of nitrogens with one attached hydrogen (secondary N) is 1. The molecule has 0 saturated carbocycles. The third-order valence-electron chi connectivity index (χ3n) is 3.64. The van der Waals surface area contributed by atoms with Gasteiger partial charge in [-0.1, -0.05) is 24.6 Å². The van der Waals surface area contributed by atoms with Crippen molar-refractivity contribution in [1.29, 1.82) is 0 Å². The van der Waals surface area contributed by atoms with Crippen molar-refractivity contribution in [2.75, 3.05) is 19.6 Å². The van der Waals surface area contributed by atoms with E-state index >= 15 is 0 Å². The van der Waals surface area contributed by atoms with Crippen molar-refractivity contribution in [2.45, 2.75) is 39.3 Å². The Bertz CT molecular complexity index is 386. The number of hydrogen-bond donors (Lipinski definition) is 1. The minimum absolute atomic E-state index is 0.0762. The lowest BCUT2D eigenvalue weighted by Gasteiger charge is -2.28. The van der Waals surface area contributed by atoms with Crippen LogP contribution in [0.25, 0.3) is 0 Å². The van der Waals surface area contributed by atoms with Crippen LogP contribution < -0.4 is 5.32 Å². The molecule has 2 nitrogen and oxygen atoms in total. The molecule has 1 aromatic carbocycles. The van der Waals surface area contributed by atoms with Crippen LogP contribution in [0.4, 0.5) is 4.39 Å². The monoisotopic (exact) mass is 250 g/mol. The molecule has 0 amide bonds. The molecular formula is C15H23FN2. The van der Waals surface area contributed by atoms with Crippen molar-refractivity contribution in [3.05, 3.63) is 35.1 Å². The van der Waals surface area contributed by atoms with Gasteiger partial charge in [0.05, 0.1) is 0 Å². The van der Waals surface area contributed by atoms with Gasteiger partial charge in [0, 0.05) is 24.7 Å². The smallest absolute Gasteiger partial charge is 0.127 e. The summed E-state index contributed by atoms with van der Waals surface area (Å²) >= 11 is 0. The van der Waals surface area contributed by atoms with Gasteiger partial charge in [-0.25, -0.2) is 4.39 Å². The Morgan fingerprint density at radius 2 is 2.28 bits per heavy atom.